The van der Waals surface area contributed by atoms with Gasteiger partial charge in [0.1, 0.15) is 5.58 Å². The van der Waals surface area contributed by atoms with E-state index in [4.69, 9.17) is 4.42 Å². The van der Waals surface area contributed by atoms with E-state index in [2.05, 4.69) is 16.0 Å². The molecular weight excluding hydrogens is 294 g/mol. The molecule has 2 bridgehead atoms. The van der Waals surface area contributed by atoms with Crippen LogP contribution < -0.4 is 16.0 Å². The highest BCUT2D eigenvalue weighted by Crippen LogP contribution is 2.29. The summed E-state index contributed by atoms with van der Waals surface area (Å²) in [6, 6.07) is 8.25. The van der Waals surface area contributed by atoms with E-state index in [0.29, 0.717) is 29.1 Å². The molecule has 120 valence electrons. The molecule has 2 aliphatic heterocycles. The van der Waals surface area contributed by atoms with Gasteiger partial charge in [0.15, 0.2) is 0 Å². The third-order valence-corrected chi connectivity index (χ3v) is 4.70. The topological polar surface area (TPSA) is 83.4 Å². The van der Waals surface area contributed by atoms with Crippen molar-refractivity contribution in [2.24, 2.45) is 0 Å². The van der Waals surface area contributed by atoms with Crippen LogP contribution in [-0.2, 0) is 4.79 Å². The van der Waals surface area contributed by atoms with Gasteiger partial charge in [-0.2, -0.15) is 0 Å². The van der Waals surface area contributed by atoms with Crippen LogP contribution in [0.3, 0.4) is 0 Å². The van der Waals surface area contributed by atoms with Crippen molar-refractivity contribution in [1.29, 1.82) is 0 Å². The molecule has 23 heavy (non-hydrogen) atoms. The van der Waals surface area contributed by atoms with E-state index in [1.165, 1.54) is 13.3 Å². The molecule has 3 heterocycles. The minimum atomic E-state index is -0.189. The summed E-state index contributed by atoms with van der Waals surface area (Å²) < 4.78 is 5.56. The molecule has 6 heteroatoms. The maximum Gasteiger partial charge on any atom is 0.251 e. The van der Waals surface area contributed by atoms with Crippen LogP contribution >= 0.6 is 0 Å². The lowest BCUT2D eigenvalue weighted by atomic mass is 9.95. The number of carbonyl (C=O) groups excluding carboxylic acids is 2. The third-order valence-electron chi connectivity index (χ3n) is 4.70. The number of nitrogens with one attached hydrogen (secondary N) is 3. The molecule has 0 saturated carbocycles. The maximum atomic E-state index is 12.5. The van der Waals surface area contributed by atoms with Gasteiger partial charge in [-0.05, 0) is 31.4 Å². The quantitative estimate of drug-likeness (QED) is 0.809. The van der Waals surface area contributed by atoms with Gasteiger partial charge in [-0.1, -0.05) is 6.07 Å². The predicted octanol–water partition coefficient (Wildman–Crippen LogP) is 2.01. The molecule has 3 N–H and O–H groups in total. The van der Waals surface area contributed by atoms with E-state index in [1.807, 2.05) is 6.07 Å². The first kappa shape index (κ1) is 14.3. The summed E-state index contributed by atoms with van der Waals surface area (Å²) in [5.41, 5.74) is 1.16. The van der Waals surface area contributed by atoms with Crippen LogP contribution in [0.1, 0.15) is 36.5 Å². The van der Waals surface area contributed by atoms with Crippen LogP contribution in [0, 0.1) is 0 Å². The van der Waals surface area contributed by atoms with Gasteiger partial charge in [-0.25, -0.2) is 0 Å². The summed E-state index contributed by atoms with van der Waals surface area (Å²) in [6.45, 7) is 1.43. The molecule has 1 aromatic carbocycles. The minimum Gasteiger partial charge on any atom is -0.440 e. The number of hydrogen-bond acceptors (Lipinski definition) is 4. The molecule has 6 nitrogen and oxygen atoms in total. The fraction of sp³-hybridized carbons (Fsp3) is 0.412. The highest BCUT2D eigenvalue weighted by atomic mass is 16.4. The Morgan fingerprint density at radius 1 is 1.26 bits per heavy atom. The fourth-order valence-corrected chi connectivity index (χ4v) is 3.64. The van der Waals surface area contributed by atoms with Gasteiger partial charge in [0.2, 0.25) is 11.8 Å². The molecule has 0 radical (unpaired) electrons. The van der Waals surface area contributed by atoms with Crippen molar-refractivity contribution in [3.63, 3.8) is 0 Å². The smallest absolute Gasteiger partial charge is 0.251 e. The third kappa shape index (κ3) is 2.70. The van der Waals surface area contributed by atoms with Gasteiger partial charge in [0, 0.05) is 42.1 Å². The number of hydrogen-bond donors (Lipinski definition) is 3. The summed E-state index contributed by atoms with van der Waals surface area (Å²) in [7, 11) is 0. The van der Waals surface area contributed by atoms with E-state index in [9.17, 15) is 9.59 Å². The summed E-state index contributed by atoms with van der Waals surface area (Å²) in [4.78, 5) is 23.5. The van der Waals surface area contributed by atoms with E-state index in [-0.39, 0.29) is 17.9 Å². The number of amides is 2. The molecular formula is C17H19N3O3. The van der Waals surface area contributed by atoms with Crippen molar-refractivity contribution in [2.45, 2.75) is 44.3 Å². The van der Waals surface area contributed by atoms with Crippen molar-refractivity contribution in [3.8, 4) is 0 Å². The Morgan fingerprint density at radius 3 is 2.83 bits per heavy atom. The maximum absolute atomic E-state index is 12.5. The first-order chi connectivity index (χ1) is 11.1. The lowest BCUT2D eigenvalue weighted by Crippen LogP contribution is -2.42. The number of anilines is 1. The van der Waals surface area contributed by atoms with Gasteiger partial charge >= 0.3 is 0 Å². The second-order valence-electron chi connectivity index (χ2n) is 6.41. The summed E-state index contributed by atoms with van der Waals surface area (Å²) in [5.74, 6) is 0.122. The van der Waals surface area contributed by atoms with Crippen molar-refractivity contribution >= 4 is 28.7 Å². The van der Waals surface area contributed by atoms with Crippen LogP contribution in [0.2, 0.25) is 0 Å². The largest absolute Gasteiger partial charge is 0.440 e. The Labute approximate surface area is 133 Å². The number of rotatable bonds is 3. The molecule has 0 unspecified atom stereocenters. The van der Waals surface area contributed by atoms with Crippen LogP contribution in [0.25, 0.3) is 11.0 Å². The molecule has 2 amide bonds. The van der Waals surface area contributed by atoms with Gasteiger partial charge in [-0.3, -0.25) is 14.9 Å². The van der Waals surface area contributed by atoms with Gasteiger partial charge in [0.05, 0.1) is 0 Å². The highest BCUT2D eigenvalue weighted by molar-refractivity contribution is 5.98. The molecule has 0 spiro atoms. The number of fused-ring (bicyclic) bond motifs is 3. The Morgan fingerprint density at radius 2 is 2.13 bits per heavy atom. The highest BCUT2D eigenvalue weighted by Gasteiger charge is 2.39. The van der Waals surface area contributed by atoms with Gasteiger partial charge in [0.25, 0.3) is 5.91 Å². The molecule has 2 aliphatic rings. The minimum absolute atomic E-state index is 0.0799. The van der Waals surface area contributed by atoms with E-state index in [0.717, 1.165) is 18.2 Å². The Bertz CT molecular complexity index is 782. The molecule has 4 rings (SSSR count). The zero-order valence-corrected chi connectivity index (χ0v) is 12.9. The number of carbonyl (C=O) groups is 2. The molecule has 3 atom stereocenters. The fourth-order valence-electron chi connectivity index (χ4n) is 3.64. The summed E-state index contributed by atoms with van der Waals surface area (Å²) >= 11 is 0. The van der Waals surface area contributed by atoms with E-state index >= 15 is 0 Å². The van der Waals surface area contributed by atoms with E-state index in [1.54, 1.807) is 18.2 Å². The monoisotopic (exact) mass is 313 g/mol. The first-order valence-electron chi connectivity index (χ1n) is 7.96. The second kappa shape index (κ2) is 5.38. The van der Waals surface area contributed by atoms with Gasteiger partial charge < -0.3 is 15.1 Å². The SMILES string of the molecule is CC(=O)Nc1cc2ccc(C(=O)N[C@@H]3C[C@H]4CC[C@@H]3N4)cc2o1. The zero-order chi connectivity index (χ0) is 16.0. The summed E-state index contributed by atoms with van der Waals surface area (Å²) in [6.07, 6.45) is 3.35. The average molecular weight is 313 g/mol. The van der Waals surface area contributed by atoms with Crippen molar-refractivity contribution in [2.75, 3.05) is 5.32 Å². The molecule has 2 fully saturated rings. The standard InChI is InChI=1S/C17H19N3O3/c1-9(21)18-16-7-10-2-3-11(6-15(10)23-16)17(22)20-14-8-12-4-5-13(14)19-12/h2-3,6-7,12-14,19H,4-5,8H2,1H3,(H,18,21)(H,20,22)/t12-,13+,14-/m1/s1. The van der Waals surface area contributed by atoms with Crippen LogP contribution in [0.4, 0.5) is 5.88 Å². The predicted molar refractivity (Wildman–Crippen MR) is 86.3 cm³/mol. The normalized spacial score (nSPS) is 25.7. The van der Waals surface area contributed by atoms with Gasteiger partial charge in [-0.15, -0.1) is 0 Å². The zero-order valence-electron chi connectivity index (χ0n) is 12.9. The number of benzene rings is 1. The van der Waals surface area contributed by atoms with Crippen molar-refractivity contribution < 1.29 is 14.0 Å². The summed E-state index contributed by atoms with van der Waals surface area (Å²) in [5, 5.41) is 10.1. The number of furan rings is 1. The molecule has 1 aromatic heterocycles. The Hall–Kier alpha value is -2.34. The average Bonchev–Trinajstić information content (AvgIpc) is 3.19. The molecule has 0 aliphatic carbocycles. The van der Waals surface area contributed by atoms with Crippen molar-refractivity contribution in [1.82, 2.24) is 10.6 Å². The Balaban J connectivity index is 1.51. The molecule has 2 aromatic rings. The lowest BCUT2D eigenvalue weighted by molar-refractivity contribution is -0.114. The van der Waals surface area contributed by atoms with Crippen LogP contribution in [-0.4, -0.2) is 29.9 Å². The lowest BCUT2D eigenvalue weighted by Gasteiger charge is -2.21. The Kier molecular flexibility index (Phi) is 3.34. The van der Waals surface area contributed by atoms with Crippen LogP contribution in [0.15, 0.2) is 28.7 Å². The first-order valence-corrected chi connectivity index (χ1v) is 7.96. The van der Waals surface area contributed by atoms with Crippen molar-refractivity contribution in [3.05, 3.63) is 29.8 Å². The van der Waals surface area contributed by atoms with Crippen LogP contribution in [0.5, 0.6) is 0 Å². The molecule has 2 saturated heterocycles. The second-order valence-corrected chi connectivity index (χ2v) is 6.41. The van der Waals surface area contributed by atoms with E-state index < -0.39 is 0 Å².